The summed E-state index contributed by atoms with van der Waals surface area (Å²) in [6, 6.07) is 0. The summed E-state index contributed by atoms with van der Waals surface area (Å²) < 4.78 is 5.22. The van der Waals surface area contributed by atoms with Gasteiger partial charge in [-0.25, -0.2) is 0 Å². The molecular formula is C17H26O4. The molecule has 0 amide bonds. The van der Waals surface area contributed by atoms with E-state index in [9.17, 15) is 14.7 Å². The Hall–Kier alpha value is -1.42. The summed E-state index contributed by atoms with van der Waals surface area (Å²) in [5.41, 5.74) is -2.12. The molecule has 0 aromatic rings. The van der Waals surface area contributed by atoms with Gasteiger partial charge < -0.3 is 9.84 Å². The molecule has 118 valence electrons. The van der Waals surface area contributed by atoms with Gasteiger partial charge in [0.1, 0.15) is 5.92 Å². The van der Waals surface area contributed by atoms with Gasteiger partial charge in [-0.05, 0) is 18.4 Å². The van der Waals surface area contributed by atoms with Crippen molar-refractivity contribution in [2.24, 2.45) is 17.3 Å². The maximum absolute atomic E-state index is 12.7. The first-order valence-electron chi connectivity index (χ1n) is 7.30. The van der Waals surface area contributed by atoms with Crippen LogP contribution in [0, 0.1) is 17.3 Å². The van der Waals surface area contributed by atoms with Crippen molar-refractivity contribution >= 4 is 11.8 Å². The quantitative estimate of drug-likeness (QED) is 0.810. The minimum absolute atomic E-state index is 0.199. The van der Waals surface area contributed by atoms with E-state index in [-0.39, 0.29) is 18.3 Å². The molecule has 0 spiro atoms. The van der Waals surface area contributed by atoms with E-state index < -0.39 is 22.9 Å². The average molecular weight is 294 g/mol. The predicted molar refractivity (Wildman–Crippen MR) is 81.6 cm³/mol. The summed E-state index contributed by atoms with van der Waals surface area (Å²) >= 11 is 0. The Morgan fingerprint density at radius 3 is 2.43 bits per heavy atom. The minimum atomic E-state index is -1.83. The molecule has 1 rings (SSSR count). The number of ketones is 1. The molecule has 0 saturated heterocycles. The maximum Gasteiger partial charge on any atom is 0.316 e. The standard InChI is InChI=1S/C17H26O4/c1-11(2)10-21-14(18)13-9-7-8-12(3)17(13,20)15(19)16(4,5)6/h7-9,11,13,20H,10H2,1-6H3. The molecule has 0 radical (unpaired) electrons. The Kier molecular flexibility index (Phi) is 5.16. The molecule has 0 aromatic carbocycles. The van der Waals surface area contributed by atoms with Crippen molar-refractivity contribution in [2.45, 2.75) is 47.1 Å². The largest absolute Gasteiger partial charge is 0.465 e. The van der Waals surface area contributed by atoms with E-state index in [0.717, 1.165) is 0 Å². The number of ether oxygens (including phenoxy) is 1. The SMILES string of the molecule is CC1=CC=CC(C(=O)OCC(C)C)C1(O)C(=O)C(C)(C)C. The van der Waals surface area contributed by atoms with Gasteiger partial charge in [-0.1, -0.05) is 52.8 Å². The number of allylic oxidation sites excluding steroid dienone is 2. The van der Waals surface area contributed by atoms with Gasteiger partial charge in [0.05, 0.1) is 6.61 Å². The van der Waals surface area contributed by atoms with Crippen molar-refractivity contribution in [2.75, 3.05) is 6.61 Å². The highest BCUT2D eigenvalue weighted by Crippen LogP contribution is 2.38. The number of aliphatic hydroxyl groups is 1. The molecule has 0 saturated carbocycles. The number of carbonyl (C=O) groups is 2. The van der Waals surface area contributed by atoms with Gasteiger partial charge >= 0.3 is 5.97 Å². The highest BCUT2D eigenvalue weighted by molar-refractivity contribution is 5.99. The third kappa shape index (κ3) is 3.62. The first kappa shape index (κ1) is 17.6. The minimum Gasteiger partial charge on any atom is -0.465 e. The summed E-state index contributed by atoms with van der Waals surface area (Å²) in [6.45, 7) is 11.0. The van der Waals surface area contributed by atoms with Gasteiger partial charge in [0.15, 0.2) is 11.4 Å². The predicted octanol–water partition coefficient (Wildman–Crippen LogP) is 2.66. The van der Waals surface area contributed by atoms with Crippen molar-refractivity contribution < 1.29 is 19.4 Å². The van der Waals surface area contributed by atoms with E-state index in [4.69, 9.17) is 4.74 Å². The number of esters is 1. The number of hydrogen-bond donors (Lipinski definition) is 1. The van der Waals surface area contributed by atoms with Gasteiger partial charge in [0, 0.05) is 5.41 Å². The number of carbonyl (C=O) groups excluding carboxylic acids is 2. The fraction of sp³-hybridized carbons (Fsp3) is 0.647. The monoisotopic (exact) mass is 294 g/mol. The van der Waals surface area contributed by atoms with Crippen LogP contribution in [0.3, 0.4) is 0 Å². The van der Waals surface area contributed by atoms with Gasteiger partial charge in [-0.2, -0.15) is 0 Å². The summed E-state index contributed by atoms with van der Waals surface area (Å²) in [4.78, 5) is 25.0. The zero-order valence-electron chi connectivity index (χ0n) is 13.8. The number of rotatable bonds is 4. The molecule has 21 heavy (non-hydrogen) atoms. The van der Waals surface area contributed by atoms with Crippen LogP contribution in [0.5, 0.6) is 0 Å². The Morgan fingerprint density at radius 1 is 1.38 bits per heavy atom. The molecule has 4 nitrogen and oxygen atoms in total. The van der Waals surface area contributed by atoms with Crippen molar-refractivity contribution in [1.29, 1.82) is 0 Å². The van der Waals surface area contributed by atoms with E-state index in [0.29, 0.717) is 5.57 Å². The van der Waals surface area contributed by atoms with Gasteiger partial charge in [-0.15, -0.1) is 0 Å². The lowest BCUT2D eigenvalue weighted by Gasteiger charge is -2.38. The van der Waals surface area contributed by atoms with Crippen molar-refractivity contribution in [3.05, 3.63) is 23.8 Å². The molecule has 1 N–H and O–H groups in total. The number of Topliss-reactive ketones (excluding diaryl/α,β-unsaturated/α-hetero) is 1. The zero-order chi connectivity index (χ0) is 16.4. The second-order valence-corrected chi connectivity index (χ2v) is 7.08. The van der Waals surface area contributed by atoms with Crippen LogP contribution in [0.25, 0.3) is 0 Å². The molecule has 4 heteroatoms. The van der Waals surface area contributed by atoms with Crippen LogP contribution in [0.15, 0.2) is 23.8 Å². The van der Waals surface area contributed by atoms with Crippen molar-refractivity contribution in [3.63, 3.8) is 0 Å². The Morgan fingerprint density at radius 2 is 1.95 bits per heavy atom. The molecular weight excluding hydrogens is 268 g/mol. The molecule has 0 aliphatic heterocycles. The van der Waals surface area contributed by atoms with Crippen LogP contribution in [-0.4, -0.2) is 29.1 Å². The van der Waals surface area contributed by atoms with Crippen LogP contribution < -0.4 is 0 Å². The zero-order valence-corrected chi connectivity index (χ0v) is 13.8. The van der Waals surface area contributed by atoms with E-state index in [1.165, 1.54) is 0 Å². The Balaban J connectivity index is 3.12. The lowest BCUT2D eigenvalue weighted by atomic mass is 9.68. The molecule has 1 aliphatic carbocycles. The third-order valence-corrected chi connectivity index (χ3v) is 3.54. The van der Waals surface area contributed by atoms with Crippen molar-refractivity contribution in [1.82, 2.24) is 0 Å². The summed E-state index contributed by atoms with van der Waals surface area (Å²) in [5, 5.41) is 11.0. The van der Waals surface area contributed by atoms with Crippen LogP contribution in [0.4, 0.5) is 0 Å². The number of hydrogen-bond acceptors (Lipinski definition) is 4. The van der Waals surface area contributed by atoms with Crippen LogP contribution in [-0.2, 0) is 14.3 Å². The molecule has 2 atom stereocenters. The van der Waals surface area contributed by atoms with E-state index in [1.807, 2.05) is 13.8 Å². The van der Waals surface area contributed by atoms with Gasteiger partial charge in [0.2, 0.25) is 0 Å². The molecule has 0 fully saturated rings. The highest BCUT2D eigenvalue weighted by Gasteiger charge is 2.52. The molecule has 0 aromatic heterocycles. The van der Waals surface area contributed by atoms with Crippen LogP contribution >= 0.6 is 0 Å². The summed E-state index contributed by atoms with van der Waals surface area (Å²) in [7, 11) is 0. The van der Waals surface area contributed by atoms with Crippen molar-refractivity contribution in [3.8, 4) is 0 Å². The fourth-order valence-electron chi connectivity index (χ4n) is 2.30. The van der Waals surface area contributed by atoms with E-state index in [1.54, 1.807) is 45.9 Å². The lowest BCUT2D eigenvalue weighted by molar-refractivity contribution is -0.163. The second-order valence-electron chi connectivity index (χ2n) is 7.08. The van der Waals surface area contributed by atoms with Gasteiger partial charge in [-0.3, -0.25) is 9.59 Å². The Bertz CT molecular complexity index is 480. The van der Waals surface area contributed by atoms with Crippen LogP contribution in [0.1, 0.15) is 41.5 Å². The lowest BCUT2D eigenvalue weighted by Crippen LogP contribution is -2.54. The first-order chi connectivity index (χ1) is 9.51. The second kappa shape index (κ2) is 6.14. The van der Waals surface area contributed by atoms with E-state index in [2.05, 4.69) is 0 Å². The van der Waals surface area contributed by atoms with E-state index >= 15 is 0 Å². The summed E-state index contributed by atoms with van der Waals surface area (Å²) in [6.07, 6.45) is 4.89. The molecule has 0 heterocycles. The van der Waals surface area contributed by atoms with Crippen LogP contribution in [0.2, 0.25) is 0 Å². The van der Waals surface area contributed by atoms with Gasteiger partial charge in [0.25, 0.3) is 0 Å². The average Bonchev–Trinajstić information content (AvgIpc) is 2.37. The smallest absolute Gasteiger partial charge is 0.316 e. The third-order valence-electron chi connectivity index (χ3n) is 3.54. The molecule has 2 unspecified atom stereocenters. The normalized spacial score (nSPS) is 25.7. The maximum atomic E-state index is 12.7. The fourth-order valence-corrected chi connectivity index (χ4v) is 2.30. The molecule has 1 aliphatic rings. The molecule has 0 bridgehead atoms. The Labute approximate surface area is 126 Å². The topological polar surface area (TPSA) is 63.6 Å². The first-order valence-corrected chi connectivity index (χ1v) is 7.30. The summed E-state index contributed by atoms with van der Waals surface area (Å²) in [5.74, 6) is -1.73. The highest BCUT2D eigenvalue weighted by atomic mass is 16.5.